The zero-order valence-electron chi connectivity index (χ0n) is 5.19. The van der Waals surface area contributed by atoms with Crippen LogP contribution in [0, 0.1) is 12.0 Å². The van der Waals surface area contributed by atoms with Crippen LogP contribution in [0.4, 0.5) is 4.39 Å². The first-order valence-electron chi connectivity index (χ1n) is 3.00. The highest BCUT2D eigenvalue weighted by Gasteiger charge is 1.95. The van der Waals surface area contributed by atoms with E-state index in [4.69, 9.17) is 0 Å². The zero-order valence-corrected chi connectivity index (χ0v) is 5.19. The van der Waals surface area contributed by atoms with Crippen LogP contribution >= 0.6 is 0 Å². The molecular formula is C8H5FN. The van der Waals surface area contributed by atoms with E-state index >= 15 is 0 Å². The van der Waals surface area contributed by atoms with Crippen LogP contribution in [0.5, 0.6) is 0 Å². The van der Waals surface area contributed by atoms with Gasteiger partial charge >= 0.3 is 0 Å². The van der Waals surface area contributed by atoms with Gasteiger partial charge in [0.25, 0.3) is 0 Å². The van der Waals surface area contributed by atoms with Crippen molar-refractivity contribution in [2.75, 3.05) is 0 Å². The van der Waals surface area contributed by atoms with Crippen LogP contribution in [0.25, 0.3) is 10.9 Å². The van der Waals surface area contributed by atoms with E-state index in [1.807, 2.05) is 6.07 Å². The van der Waals surface area contributed by atoms with Crippen LogP contribution in [0.2, 0.25) is 0 Å². The Hall–Kier alpha value is -1.31. The van der Waals surface area contributed by atoms with E-state index in [1.54, 1.807) is 12.1 Å². The molecule has 0 atom stereocenters. The van der Waals surface area contributed by atoms with Crippen molar-refractivity contribution in [3.8, 4) is 0 Å². The van der Waals surface area contributed by atoms with Gasteiger partial charge in [-0.05, 0) is 12.1 Å². The van der Waals surface area contributed by atoms with E-state index in [-0.39, 0.29) is 5.95 Å². The molecule has 1 heterocycles. The third kappa shape index (κ3) is 0.692. The Balaban J connectivity index is 2.88. The van der Waals surface area contributed by atoms with Gasteiger partial charge in [-0.25, -0.2) is 0 Å². The van der Waals surface area contributed by atoms with Gasteiger partial charge in [0.1, 0.15) is 0 Å². The monoisotopic (exact) mass is 134 g/mol. The molecule has 0 bridgehead atoms. The minimum Gasteiger partial charge on any atom is -0.331 e. The van der Waals surface area contributed by atoms with Crippen molar-refractivity contribution in [1.29, 1.82) is 0 Å². The van der Waals surface area contributed by atoms with E-state index in [0.29, 0.717) is 0 Å². The summed E-state index contributed by atoms with van der Waals surface area (Å²) in [5, 5.41) is 0.885. The topological polar surface area (TPSA) is 15.8 Å². The Kier molecular flexibility index (Phi) is 1.01. The third-order valence-electron chi connectivity index (χ3n) is 1.43. The minimum atomic E-state index is -0.297. The van der Waals surface area contributed by atoms with Crippen molar-refractivity contribution < 1.29 is 4.39 Å². The summed E-state index contributed by atoms with van der Waals surface area (Å²) in [6, 6.07) is 9.61. The number of aromatic nitrogens is 1. The molecule has 0 aliphatic rings. The number of hydrogen-bond donors (Lipinski definition) is 1. The predicted molar refractivity (Wildman–Crippen MR) is 37.1 cm³/mol. The van der Waals surface area contributed by atoms with Gasteiger partial charge < -0.3 is 4.98 Å². The lowest BCUT2D eigenvalue weighted by Crippen LogP contribution is -1.66. The second kappa shape index (κ2) is 1.84. The first-order chi connectivity index (χ1) is 4.86. The van der Waals surface area contributed by atoms with E-state index in [1.165, 1.54) is 6.07 Å². The summed E-state index contributed by atoms with van der Waals surface area (Å²) < 4.78 is 12.5. The second-order valence-electron chi connectivity index (χ2n) is 2.13. The Bertz CT molecular complexity index is 318. The normalized spacial score (nSPS) is 10.5. The summed E-state index contributed by atoms with van der Waals surface area (Å²) in [5.74, 6) is -0.297. The van der Waals surface area contributed by atoms with Crippen molar-refractivity contribution in [3.05, 3.63) is 36.3 Å². The fourth-order valence-corrected chi connectivity index (χ4v) is 0.978. The Morgan fingerprint density at radius 3 is 3.20 bits per heavy atom. The smallest absolute Gasteiger partial charge is 0.192 e. The predicted octanol–water partition coefficient (Wildman–Crippen LogP) is 2.11. The van der Waals surface area contributed by atoms with E-state index in [9.17, 15) is 4.39 Å². The second-order valence-corrected chi connectivity index (χ2v) is 2.13. The number of H-pyrrole nitrogens is 1. The maximum Gasteiger partial charge on any atom is 0.192 e. The van der Waals surface area contributed by atoms with E-state index < -0.39 is 0 Å². The molecule has 10 heavy (non-hydrogen) atoms. The summed E-state index contributed by atoms with van der Waals surface area (Å²) in [7, 11) is 0. The average molecular weight is 134 g/mol. The van der Waals surface area contributed by atoms with Crippen molar-refractivity contribution in [1.82, 2.24) is 4.98 Å². The molecule has 1 aromatic carbocycles. The van der Waals surface area contributed by atoms with Crippen LogP contribution in [0.15, 0.2) is 24.3 Å². The lowest BCUT2D eigenvalue weighted by Gasteiger charge is -1.82. The molecule has 1 nitrogen and oxygen atoms in total. The van der Waals surface area contributed by atoms with Gasteiger partial charge in [0.15, 0.2) is 5.95 Å². The van der Waals surface area contributed by atoms with Gasteiger partial charge in [-0.3, -0.25) is 0 Å². The fraction of sp³-hybridized carbons (Fsp3) is 0. The van der Waals surface area contributed by atoms with Gasteiger partial charge in [-0.1, -0.05) is 12.1 Å². The Labute approximate surface area is 57.5 Å². The van der Waals surface area contributed by atoms with Crippen LogP contribution in [-0.2, 0) is 0 Å². The van der Waals surface area contributed by atoms with Crippen molar-refractivity contribution in [2.24, 2.45) is 0 Å². The van der Waals surface area contributed by atoms with Crippen molar-refractivity contribution in [3.63, 3.8) is 0 Å². The number of rotatable bonds is 0. The Morgan fingerprint density at radius 2 is 2.40 bits per heavy atom. The molecule has 0 aliphatic carbocycles. The molecule has 2 rings (SSSR count). The average Bonchev–Trinajstić information content (AvgIpc) is 2.27. The number of hydrogen-bond acceptors (Lipinski definition) is 0. The molecule has 49 valence electrons. The summed E-state index contributed by atoms with van der Waals surface area (Å²) in [4.78, 5) is 2.56. The van der Waals surface area contributed by atoms with Gasteiger partial charge in [0.05, 0.1) is 0 Å². The molecule has 2 heteroatoms. The number of halogens is 1. The van der Waals surface area contributed by atoms with Gasteiger partial charge in [0, 0.05) is 17.0 Å². The molecule has 0 spiro atoms. The fourth-order valence-electron chi connectivity index (χ4n) is 0.978. The number of nitrogens with one attached hydrogen (secondary N) is 1. The summed E-state index contributed by atoms with van der Waals surface area (Å²) in [6.45, 7) is 0. The summed E-state index contributed by atoms with van der Waals surface area (Å²) in [5.41, 5.74) is 0.792. The standard InChI is InChI=1S/C8H5FN/c9-8-5-6-3-1-2-4-7(6)10-8/h1,3-5,10H. The molecule has 0 saturated carbocycles. The quantitative estimate of drug-likeness (QED) is 0.568. The highest BCUT2D eigenvalue weighted by molar-refractivity contribution is 5.78. The summed E-state index contributed by atoms with van der Waals surface area (Å²) >= 11 is 0. The van der Waals surface area contributed by atoms with Crippen molar-refractivity contribution >= 4 is 10.9 Å². The molecular weight excluding hydrogens is 129 g/mol. The zero-order chi connectivity index (χ0) is 6.97. The molecule has 2 aromatic rings. The van der Waals surface area contributed by atoms with Gasteiger partial charge in [-0.2, -0.15) is 4.39 Å². The van der Waals surface area contributed by atoms with Gasteiger partial charge in [-0.15, -0.1) is 0 Å². The molecule has 0 saturated heterocycles. The maximum atomic E-state index is 12.5. The molecule has 1 N–H and O–H groups in total. The first kappa shape index (κ1) is 5.47. The molecule has 0 amide bonds. The van der Waals surface area contributed by atoms with E-state index in [0.717, 1.165) is 10.9 Å². The van der Waals surface area contributed by atoms with Crippen LogP contribution in [-0.4, -0.2) is 4.98 Å². The number of benzene rings is 1. The first-order valence-corrected chi connectivity index (χ1v) is 3.00. The highest BCUT2D eigenvalue weighted by Crippen LogP contribution is 2.12. The van der Waals surface area contributed by atoms with E-state index in [2.05, 4.69) is 11.1 Å². The summed E-state index contributed by atoms with van der Waals surface area (Å²) in [6.07, 6.45) is 0. The van der Waals surface area contributed by atoms with Gasteiger partial charge in [0.2, 0.25) is 0 Å². The molecule has 1 radical (unpaired) electrons. The molecule has 0 aliphatic heterocycles. The van der Waals surface area contributed by atoms with Crippen LogP contribution in [0.3, 0.4) is 0 Å². The molecule has 0 unspecified atom stereocenters. The largest absolute Gasteiger partial charge is 0.331 e. The van der Waals surface area contributed by atoms with Crippen LogP contribution in [0.1, 0.15) is 0 Å². The molecule has 1 aromatic heterocycles. The highest BCUT2D eigenvalue weighted by atomic mass is 19.1. The minimum absolute atomic E-state index is 0.297. The SMILES string of the molecule is Fc1cc2cc[c]cc2[nH]1. The lowest BCUT2D eigenvalue weighted by atomic mass is 10.3. The number of fused-ring (bicyclic) bond motifs is 1. The molecule has 0 fully saturated rings. The van der Waals surface area contributed by atoms with Crippen molar-refractivity contribution in [2.45, 2.75) is 0 Å². The Morgan fingerprint density at radius 1 is 1.50 bits per heavy atom. The maximum absolute atomic E-state index is 12.5. The third-order valence-corrected chi connectivity index (χ3v) is 1.43. The van der Waals surface area contributed by atoms with Crippen LogP contribution < -0.4 is 0 Å². The lowest BCUT2D eigenvalue weighted by molar-refractivity contribution is 0.595. The number of aromatic amines is 1.